The third-order valence-corrected chi connectivity index (χ3v) is 4.73. The third-order valence-electron chi connectivity index (χ3n) is 4.73. The number of benzene rings is 2. The van der Waals surface area contributed by atoms with Crippen molar-refractivity contribution in [2.75, 3.05) is 30.4 Å². The Balaban J connectivity index is 1.61. The zero-order chi connectivity index (χ0) is 19.4. The van der Waals surface area contributed by atoms with Crippen LogP contribution in [0.1, 0.15) is 12.8 Å². The summed E-state index contributed by atoms with van der Waals surface area (Å²) in [6.07, 6.45) is 1.19. The number of piperidine rings is 1. The number of methoxy groups -OCH3 is 1. The molecule has 1 aliphatic heterocycles. The zero-order valence-electron chi connectivity index (χ0n) is 14.9. The molecule has 142 valence electrons. The highest BCUT2D eigenvalue weighted by molar-refractivity contribution is 5.93. The van der Waals surface area contributed by atoms with Crippen LogP contribution in [0.4, 0.5) is 17.1 Å². The molecule has 0 spiro atoms. The van der Waals surface area contributed by atoms with E-state index in [0.717, 1.165) is 0 Å². The summed E-state index contributed by atoms with van der Waals surface area (Å²) in [6.45, 7) is 1.13. The van der Waals surface area contributed by atoms with Gasteiger partial charge in [-0.2, -0.15) is 0 Å². The average Bonchev–Trinajstić information content (AvgIpc) is 2.68. The highest BCUT2D eigenvalue weighted by Crippen LogP contribution is 2.32. The molecule has 0 aromatic heterocycles. The molecule has 0 saturated carbocycles. The van der Waals surface area contributed by atoms with Gasteiger partial charge in [-0.15, -0.1) is 0 Å². The van der Waals surface area contributed by atoms with Crippen LogP contribution in [0.2, 0.25) is 0 Å². The Hall–Kier alpha value is -3.29. The molecule has 0 unspecified atom stereocenters. The second kappa shape index (κ2) is 7.94. The van der Waals surface area contributed by atoms with E-state index in [1.165, 1.54) is 19.2 Å². The molecule has 0 radical (unpaired) electrons. The van der Waals surface area contributed by atoms with Gasteiger partial charge in [-0.1, -0.05) is 12.1 Å². The van der Waals surface area contributed by atoms with Gasteiger partial charge in [-0.25, -0.2) is 0 Å². The molecule has 2 N–H and O–H groups in total. The lowest BCUT2D eigenvalue weighted by Crippen LogP contribution is -2.38. The van der Waals surface area contributed by atoms with E-state index in [9.17, 15) is 20.0 Å². The molecule has 8 nitrogen and oxygen atoms in total. The van der Waals surface area contributed by atoms with Gasteiger partial charge < -0.3 is 20.1 Å². The Labute approximate surface area is 156 Å². The van der Waals surface area contributed by atoms with Crippen LogP contribution in [0.15, 0.2) is 42.5 Å². The van der Waals surface area contributed by atoms with Crippen LogP contribution in [0.3, 0.4) is 0 Å². The number of rotatable bonds is 5. The van der Waals surface area contributed by atoms with Crippen LogP contribution < -0.4 is 15.0 Å². The van der Waals surface area contributed by atoms with E-state index in [4.69, 9.17) is 4.74 Å². The maximum atomic E-state index is 12.5. The van der Waals surface area contributed by atoms with Crippen LogP contribution in [0, 0.1) is 16.0 Å². The number of amides is 1. The van der Waals surface area contributed by atoms with Crippen LogP contribution in [-0.4, -0.2) is 36.1 Å². The van der Waals surface area contributed by atoms with Crippen molar-refractivity contribution >= 4 is 23.0 Å². The molecule has 0 aliphatic carbocycles. The standard InChI is InChI=1S/C19H21N3O5/c1-27-18-7-6-14(12-17(18)23)20-19(24)13-8-10-21(11-9-13)15-4-2-3-5-16(15)22(25)26/h2-7,12-13,23H,8-11H2,1H3,(H,20,24). The van der Waals surface area contributed by atoms with E-state index in [0.29, 0.717) is 43.1 Å². The molecule has 1 aliphatic rings. The summed E-state index contributed by atoms with van der Waals surface area (Å²) in [6, 6.07) is 11.3. The van der Waals surface area contributed by atoms with Crippen molar-refractivity contribution in [3.05, 3.63) is 52.6 Å². The molecule has 8 heteroatoms. The van der Waals surface area contributed by atoms with Crippen molar-refractivity contribution in [3.63, 3.8) is 0 Å². The summed E-state index contributed by atoms with van der Waals surface area (Å²) in [5.41, 5.74) is 1.16. The number of nitro groups is 1. The van der Waals surface area contributed by atoms with Crippen molar-refractivity contribution in [2.24, 2.45) is 5.92 Å². The van der Waals surface area contributed by atoms with Gasteiger partial charge in [0.05, 0.1) is 12.0 Å². The average molecular weight is 371 g/mol. The van der Waals surface area contributed by atoms with Crippen molar-refractivity contribution in [2.45, 2.75) is 12.8 Å². The zero-order valence-corrected chi connectivity index (χ0v) is 14.9. The van der Waals surface area contributed by atoms with E-state index < -0.39 is 0 Å². The number of phenolic OH excluding ortho intramolecular Hbond substituents is 1. The SMILES string of the molecule is COc1ccc(NC(=O)C2CCN(c3ccccc3[N+](=O)[O-])CC2)cc1O. The molecule has 1 saturated heterocycles. The summed E-state index contributed by atoms with van der Waals surface area (Å²) in [5.74, 6) is -0.0117. The normalized spacial score (nSPS) is 14.6. The Kier molecular flexibility index (Phi) is 5.44. The van der Waals surface area contributed by atoms with Crippen LogP contribution >= 0.6 is 0 Å². The predicted octanol–water partition coefficient (Wildman–Crippen LogP) is 3.16. The molecular formula is C19H21N3O5. The number of nitrogens with zero attached hydrogens (tertiary/aromatic N) is 2. The lowest BCUT2D eigenvalue weighted by Gasteiger charge is -2.32. The molecule has 0 bridgehead atoms. The quantitative estimate of drug-likeness (QED) is 0.618. The van der Waals surface area contributed by atoms with E-state index in [1.807, 2.05) is 4.90 Å². The summed E-state index contributed by atoms with van der Waals surface area (Å²) in [4.78, 5) is 25.3. The number of carbonyl (C=O) groups is 1. The number of hydrogen-bond acceptors (Lipinski definition) is 6. The van der Waals surface area contributed by atoms with Crippen LogP contribution in [0.5, 0.6) is 11.5 Å². The molecule has 1 fully saturated rings. The number of phenols is 1. The Morgan fingerprint density at radius 2 is 1.96 bits per heavy atom. The summed E-state index contributed by atoms with van der Waals surface area (Å²) < 4.78 is 4.99. The van der Waals surface area contributed by atoms with Crippen molar-refractivity contribution in [1.29, 1.82) is 0 Å². The molecule has 0 atom stereocenters. The third kappa shape index (κ3) is 4.11. The largest absolute Gasteiger partial charge is 0.504 e. The van der Waals surface area contributed by atoms with E-state index in [2.05, 4.69) is 5.32 Å². The molecule has 27 heavy (non-hydrogen) atoms. The molecular weight excluding hydrogens is 350 g/mol. The van der Waals surface area contributed by atoms with Gasteiger partial charge in [-0.3, -0.25) is 14.9 Å². The fourth-order valence-corrected chi connectivity index (χ4v) is 3.28. The smallest absolute Gasteiger partial charge is 0.292 e. The first-order valence-electron chi connectivity index (χ1n) is 8.66. The van der Waals surface area contributed by atoms with Crippen molar-refractivity contribution in [1.82, 2.24) is 0 Å². The number of hydrogen-bond donors (Lipinski definition) is 2. The highest BCUT2D eigenvalue weighted by atomic mass is 16.6. The van der Waals surface area contributed by atoms with Crippen molar-refractivity contribution < 1.29 is 19.6 Å². The number of carbonyl (C=O) groups excluding carboxylic acids is 1. The second-order valence-electron chi connectivity index (χ2n) is 6.38. The van der Waals surface area contributed by atoms with E-state index >= 15 is 0 Å². The molecule has 1 amide bonds. The topological polar surface area (TPSA) is 105 Å². The minimum absolute atomic E-state index is 0.0403. The molecule has 3 rings (SSSR count). The first kappa shape index (κ1) is 18.5. The number of para-hydroxylation sites is 2. The van der Waals surface area contributed by atoms with Gasteiger partial charge in [0, 0.05) is 36.8 Å². The summed E-state index contributed by atoms with van der Waals surface area (Å²) >= 11 is 0. The number of nitro benzene ring substituents is 1. The molecule has 1 heterocycles. The first-order chi connectivity index (χ1) is 13.0. The lowest BCUT2D eigenvalue weighted by atomic mass is 9.95. The van der Waals surface area contributed by atoms with Gasteiger partial charge in [0.2, 0.25) is 5.91 Å². The van der Waals surface area contributed by atoms with Gasteiger partial charge in [-0.05, 0) is 31.0 Å². The fourth-order valence-electron chi connectivity index (χ4n) is 3.28. The predicted molar refractivity (Wildman–Crippen MR) is 101 cm³/mol. The van der Waals surface area contributed by atoms with Gasteiger partial charge in [0.15, 0.2) is 11.5 Å². The number of nitrogens with one attached hydrogen (secondary N) is 1. The first-order valence-corrected chi connectivity index (χ1v) is 8.66. The number of anilines is 2. The van der Waals surface area contributed by atoms with Crippen LogP contribution in [0.25, 0.3) is 0 Å². The van der Waals surface area contributed by atoms with Gasteiger partial charge in [0.1, 0.15) is 5.69 Å². The van der Waals surface area contributed by atoms with Gasteiger partial charge >= 0.3 is 0 Å². The minimum Gasteiger partial charge on any atom is -0.504 e. The maximum absolute atomic E-state index is 12.5. The highest BCUT2D eigenvalue weighted by Gasteiger charge is 2.28. The lowest BCUT2D eigenvalue weighted by molar-refractivity contribution is -0.384. The number of ether oxygens (including phenoxy) is 1. The summed E-state index contributed by atoms with van der Waals surface area (Å²) in [5, 5.41) is 23.8. The summed E-state index contributed by atoms with van der Waals surface area (Å²) in [7, 11) is 1.46. The number of aromatic hydroxyl groups is 1. The molecule has 2 aromatic rings. The fraction of sp³-hybridized carbons (Fsp3) is 0.316. The minimum atomic E-state index is -0.385. The Morgan fingerprint density at radius 1 is 1.26 bits per heavy atom. The Morgan fingerprint density at radius 3 is 2.59 bits per heavy atom. The Bertz CT molecular complexity index is 847. The van der Waals surface area contributed by atoms with Crippen LogP contribution in [-0.2, 0) is 4.79 Å². The monoisotopic (exact) mass is 371 g/mol. The van der Waals surface area contributed by atoms with E-state index in [1.54, 1.807) is 30.3 Å². The van der Waals surface area contributed by atoms with Crippen molar-refractivity contribution in [3.8, 4) is 11.5 Å². The maximum Gasteiger partial charge on any atom is 0.292 e. The van der Waals surface area contributed by atoms with E-state index in [-0.39, 0.29) is 28.2 Å². The molecule has 2 aromatic carbocycles. The second-order valence-corrected chi connectivity index (χ2v) is 6.38. The van der Waals surface area contributed by atoms with Gasteiger partial charge in [0.25, 0.3) is 5.69 Å².